The van der Waals surface area contributed by atoms with E-state index in [1.165, 1.54) is 36.5 Å². The smallest absolute Gasteiger partial charge is 0.335 e. The molecule has 0 radical (unpaired) electrons. The van der Waals surface area contributed by atoms with Crippen molar-refractivity contribution in [3.63, 3.8) is 0 Å². The molecule has 0 aliphatic carbocycles. The summed E-state index contributed by atoms with van der Waals surface area (Å²) in [6.45, 7) is 0. The zero-order chi connectivity index (χ0) is 20.1. The Bertz CT molecular complexity index is 1110. The Morgan fingerprint density at radius 2 is 1.71 bits per heavy atom. The van der Waals surface area contributed by atoms with Gasteiger partial charge in [-0.3, -0.25) is 9.59 Å². The van der Waals surface area contributed by atoms with E-state index in [4.69, 9.17) is 5.11 Å². The molecule has 8 heteroatoms. The number of phenols is 1. The fourth-order valence-electron chi connectivity index (χ4n) is 2.54. The predicted octanol–water partition coefficient (Wildman–Crippen LogP) is 2.33. The molecule has 3 aromatic carbocycles. The van der Waals surface area contributed by atoms with Crippen molar-refractivity contribution in [2.75, 3.05) is 5.32 Å². The van der Waals surface area contributed by atoms with Gasteiger partial charge in [0.1, 0.15) is 5.75 Å². The second kappa shape index (κ2) is 8.00. The van der Waals surface area contributed by atoms with Crippen LogP contribution in [0.3, 0.4) is 0 Å². The van der Waals surface area contributed by atoms with Crippen LogP contribution in [0.5, 0.6) is 5.75 Å². The van der Waals surface area contributed by atoms with E-state index in [2.05, 4.69) is 15.8 Å². The van der Waals surface area contributed by atoms with Crippen LogP contribution in [-0.2, 0) is 9.59 Å². The maximum atomic E-state index is 11.9. The number of benzene rings is 3. The molecule has 0 fully saturated rings. The van der Waals surface area contributed by atoms with Crippen LogP contribution < -0.4 is 10.7 Å². The number of carbonyl (C=O) groups is 3. The van der Waals surface area contributed by atoms with Gasteiger partial charge in [0.25, 0.3) is 0 Å². The summed E-state index contributed by atoms with van der Waals surface area (Å²) in [5.74, 6) is -3.23. The molecular formula is C20H15N3O5. The number of nitrogens with zero attached hydrogens (tertiary/aromatic N) is 1. The molecule has 0 bridgehead atoms. The van der Waals surface area contributed by atoms with Crippen molar-refractivity contribution in [1.82, 2.24) is 5.43 Å². The first kappa shape index (κ1) is 18.6. The highest BCUT2D eigenvalue weighted by atomic mass is 16.4. The van der Waals surface area contributed by atoms with E-state index in [1.54, 1.807) is 18.2 Å². The predicted molar refractivity (Wildman–Crippen MR) is 103 cm³/mol. The number of hydrogen-bond acceptors (Lipinski definition) is 5. The highest BCUT2D eigenvalue weighted by Gasteiger charge is 2.14. The normalized spacial score (nSPS) is 10.7. The van der Waals surface area contributed by atoms with E-state index < -0.39 is 17.8 Å². The number of amides is 2. The van der Waals surface area contributed by atoms with Gasteiger partial charge in [-0.05, 0) is 35.0 Å². The summed E-state index contributed by atoms with van der Waals surface area (Å²) in [5, 5.41) is 26.6. The molecular weight excluding hydrogens is 362 g/mol. The topological polar surface area (TPSA) is 128 Å². The molecule has 0 unspecified atom stereocenters. The molecule has 0 aromatic heterocycles. The highest BCUT2D eigenvalue weighted by Crippen LogP contribution is 2.25. The molecule has 2 amide bonds. The molecule has 0 aliphatic heterocycles. The van der Waals surface area contributed by atoms with Gasteiger partial charge >= 0.3 is 17.8 Å². The number of carboxylic acids is 1. The minimum atomic E-state index is -1.15. The second-order valence-electron chi connectivity index (χ2n) is 5.76. The Labute approximate surface area is 159 Å². The third kappa shape index (κ3) is 4.13. The largest absolute Gasteiger partial charge is 0.507 e. The number of hydrazone groups is 1. The van der Waals surface area contributed by atoms with Gasteiger partial charge < -0.3 is 15.5 Å². The van der Waals surface area contributed by atoms with Gasteiger partial charge in [-0.25, -0.2) is 10.2 Å². The summed E-state index contributed by atoms with van der Waals surface area (Å²) in [5.41, 5.74) is 2.61. The number of rotatable bonds is 4. The molecule has 0 saturated heterocycles. The van der Waals surface area contributed by atoms with Crippen LogP contribution >= 0.6 is 0 Å². The summed E-state index contributed by atoms with van der Waals surface area (Å²) in [6, 6.07) is 16.1. The van der Waals surface area contributed by atoms with Crippen molar-refractivity contribution in [3.8, 4) is 5.75 Å². The van der Waals surface area contributed by atoms with Gasteiger partial charge in [-0.2, -0.15) is 5.10 Å². The first-order valence-electron chi connectivity index (χ1n) is 8.14. The van der Waals surface area contributed by atoms with E-state index in [1.807, 2.05) is 12.1 Å². The van der Waals surface area contributed by atoms with Crippen molar-refractivity contribution in [2.45, 2.75) is 0 Å². The second-order valence-corrected chi connectivity index (χ2v) is 5.76. The summed E-state index contributed by atoms with van der Waals surface area (Å²) >= 11 is 0. The average Bonchev–Trinajstić information content (AvgIpc) is 2.69. The van der Waals surface area contributed by atoms with Crippen LogP contribution in [-0.4, -0.2) is 34.2 Å². The minimum Gasteiger partial charge on any atom is -0.507 e. The number of aromatic carboxylic acids is 1. The van der Waals surface area contributed by atoms with Gasteiger partial charge in [-0.15, -0.1) is 0 Å². The number of anilines is 1. The number of fused-ring (bicyclic) bond motifs is 1. The monoisotopic (exact) mass is 377 g/mol. The molecule has 0 atom stereocenters. The number of aromatic hydroxyl groups is 1. The summed E-state index contributed by atoms with van der Waals surface area (Å²) in [6.07, 6.45) is 1.24. The third-order valence-electron chi connectivity index (χ3n) is 3.88. The zero-order valence-corrected chi connectivity index (χ0v) is 14.4. The SMILES string of the molecule is O=C(N/N=C/c1c(O)ccc2ccccc12)C(=O)Nc1cccc(C(=O)O)c1. The van der Waals surface area contributed by atoms with E-state index in [0.29, 0.717) is 5.56 Å². The van der Waals surface area contributed by atoms with Gasteiger partial charge in [-0.1, -0.05) is 36.4 Å². The van der Waals surface area contributed by atoms with Crippen LogP contribution in [0.15, 0.2) is 65.8 Å². The van der Waals surface area contributed by atoms with E-state index in [0.717, 1.165) is 10.8 Å². The molecule has 8 nitrogen and oxygen atoms in total. The lowest BCUT2D eigenvalue weighted by atomic mass is 10.0. The van der Waals surface area contributed by atoms with Gasteiger partial charge in [0.05, 0.1) is 11.8 Å². The maximum Gasteiger partial charge on any atom is 0.335 e. The quantitative estimate of drug-likeness (QED) is 0.315. The number of nitrogens with one attached hydrogen (secondary N) is 2. The van der Waals surface area contributed by atoms with Crippen LogP contribution in [0, 0.1) is 0 Å². The molecule has 3 aromatic rings. The number of carbonyl (C=O) groups excluding carboxylic acids is 2. The van der Waals surface area contributed by atoms with Crippen molar-refractivity contribution >= 4 is 40.5 Å². The maximum absolute atomic E-state index is 11.9. The van der Waals surface area contributed by atoms with Crippen molar-refractivity contribution < 1.29 is 24.6 Å². The standard InChI is InChI=1S/C20H15N3O5/c24-17-9-8-12-4-1-2-7-15(12)16(17)11-21-23-19(26)18(25)22-14-6-3-5-13(10-14)20(27)28/h1-11,24H,(H,22,25)(H,23,26)(H,27,28)/b21-11+. The van der Waals surface area contributed by atoms with Crippen molar-refractivity contribution in [3.05, 3.63) is 71.8 Å². The van der Waals surface area contributed by atoms with Crippen LogP contribution in [0.1, 0.15) is 15.9 Å². The van der Waals surface area contributed by atoms with Crippen LogP contribution in [0.2, 0.25) is 0 Å². The first-order valence-corrected chi connectivity index (χ1v) is 8.14. The Kier molecular flexibility index (Phi) is 5.31. The lowest BCUT2D eigenvalue weighted by molar-refractivity contribution is -0.136. The lowest BCUT2D eigenvalue weighted by Gasteiger charge is -2.06. The lowest BCUT2D eigenvalue weighted by Crippen LogP contribution is -2.32. The van der Waals surface area contributed by atoms with Crippen molar-refractivity contribution in [1.29, 1.82) is 0 Å². The molecule has 4 N–H and O–H groups in total. The van der Waals surface area contributed by atoms with Gasteiger partial charge in [0.2, 0.25) is 0 Å². The molecule has 0 aliphatic rings. The fraction of sp³-hybridized carbons (Fsp3) is 0. The van der Waals surface area contributed by atoms with Gasteiger partial charge in [0, 0.05) is 11.3 Å². The van der Waals surface area contributed by atoms with E-state index in [9.17, 15) is 19.5 Å². The Hall–Kier alpha value is -4.20. The number of phenolic OH excluding ortho intramolecular Hbond substituents is 1. The molecule has 0 heterocycles. The molecule has 0 spiro atoms. The summed E-state index contributed by atoms with van der Waals surface area (Å²) < 4.78 is 0. The zero-order valence-electron chi connectivity index (χ0n) is 14.4. The Balaban J connectivity index is 1.69. The summed E-state index contributed by atoms with van der Waals surface area (Å²) in [4.78, 5) is 34.7. The van der Waals surface area contributed by atoms with Gasteiger partial charge in [0.15, 0.2) is 0 Å². The molecule has 140 valence electrons. The van der Waals surface area contributed by atoms with Crippen molar-refractivity contribution in [2.24, 2.45) is 5.10 Å². The fourth-order valence-corrected chi connectivity index (χ4v) is 2.54. The first-order chi connectivity index (χ1) is 13.5. The molecule has 28 heavy (non-hydrogen) atoms. The molecule has 0 saturated carbocycles. The summed E-state index contributed by atoms with van der Waals surface area (Å²) in [7, 11) is 0. The Morgan fingerprint density at radius 1 is 0.929 bits per heavy atom. The number of hydrogen-bond donors (Lipinski definition) is 4. The molecule has 3 rings (SSSR count). The van der Waals surface area contributed by atoms with Crippen LogP contribution in [0.25, 0.3) is 10.8 Å². The third-order valence-corrected chi connectivity index (χ3v) is 3.88. The van der Waals surface area contributed by atoms with E-state index in [-0.39, 0.29) is 17.0 Å². The number of carboxylic acid groups (broad SMARTS) is 1. The highest BCUT2D eigenvalue weighted by molar-refractivity contribution is 6.39. The Morgan fingerprint density at radius 3 is 2.50 bits per heavy atom. The van der Waals surface area contributed by atoms with E-state index >= 15 is 0 Å². The minimum absolute atomic E-state index is 0.0216. The average molecular weight is 377 g/mol. The van der Waals surface area contributed by atoms with Crippen LogP contribution in [0.4, 0.5) is 5.69 Å².